The molecule has 11 nitrogen and oxygen atoms in total. The number of anilines is 1. The van der Waals surface area contributed by atoms with Crippen molar-refractivity contribution in [3.63, 3.8) is 0 Å². The first-order valence-electron chi connectivity index (χ1n) is 11.3. The Hall–Kier alpha value is -4.49. The Kier molecular flexibility index (Phi) is 8.12. The van der Waals surface area contributed by atoms with Crippen LogP contribution in [0.1, 0.15) is 20.7 Å². The van der Waals surface area contributed by atoms with E-state index in [1.807, 2.05) is 0 Å². The second-order valence-corrected chi connectivity index (χ2v) is 10.7. The third-order valence-electron chi connectivity index (χ3n) is 5.55. The Morgan fingerprint density at radius 3 is 2.33 bits per heavy atom. The third-order valence-corrected chi connectivity index (χ3v) is 7.99. The van der Waals surface area contributed by atoms with Gasteiger partial charge in [-0.1, -0.05) is 17.4 Å². The number of thiazole rings is 1. The zero-order valence-corrected chi connectivity index (χ0v) is 22.7. The lowest BCUT2D eigenvalue weighted by Crippen LogP contribution is -2.22. The molecule has 0 saturated heterocycles. The van der Waals surface area contributed by atoms with Crippen LogP contribution in [-0.2, 0) is 30.8 Å². The smallest absolute Gasteiger partial charge is 0.337 e. The van der Waals surface area contributed by atoms with Crippen LogP contribution in [0.15, 0.2) is 76.6 Å². The van der Waals surface area contributed by atoms with Crippen molar-refractivity contribution >= 4 is 55.1 Å². The molecule has 4 aromatic rings. The van der Waals surface area contributed by atoms with Crippen LogP contribution in [0.25, 0.3) is 10.2 Å². The van der Waals surface area contributed by atoms with E-state index in [9.17, 15) is 22.8 Å². The summed E-state index contributed by atoms with van der Waals surface area (Å²) in [6, 6.07) is 16.5. The fourth-order valence-corrected chi connectivity index (χ4v) is 5.70. The number of sulfonamides is 1. The summed E-state index contributed by atoms with van der Waals surface area (Å²) in [7, 11) is 0.0549. The standard InChI is InChI=1S/C26H23N3O8S2/c1-35-19-8-10-20(11-9-19)39(33,34)28-18-6-4-5-16(13-18)24(31)27-26-29(15-23(30)36-2)21-12-7-17(25(32)37-3)14-22(21)38-26/h4-14,28H,15H2,1-3H3. The highest BCUT2D eigenvalue weighted by Crippen LogP contribution is 2.22. The number of aromatic nitrogens is 1. The molecule has 1 N–H and O–H groups in total. The monoisotopic (exact) mass is 569 g/mol. The molecule has 0 aliphatic rings. The van der Waals surface area contributed by atoms with Crippen LogP contribution in [0.3, 0.4) is 0 Å². The molecular weight excluding hydrogens is 546 g/mol. The summed E-state index contributed by atoms with van der Waals surface area (Å²) in [5.74, 6) is -1.25. The van der Waals surface area contributed by atoms with E-state index >= 15 is 0 Å². The van der Waals surface area contributed by atoms with Crippen LogP contribution in [0.4, 0.5) is 5.69 Å². The highest BCUT2D eigenvalue weighted by Gasteiger charge is 2.17. The van der Waals surface area contributed by atoms with Crippen molar-refractivity contribution in [1.29, 1.82) is 0 Å². The number of ether oxygens (including phenoxy) is 3. The number of carbonyl (C=O) groups excluding carboxylic acids is 3. The number of nitrogens with zero attached hydrogens (tertiary/aromatic N) is 2. The molecule has 0 radical (unpaired) electrons. The predicted molar refractivity (Wildman–Crippen MR) is 143 cm³/mol. The molecule has 0 unspecified atom stereocenters. The van der Waals surface area contributed by atoms with E-state index in [0.717, 1.165) is 11.3 Å². The van der Waals surface area contributed by atoms with E-state index < -0.39 is 27.9 Å². The topological polar surface area (TPSA) is 142 Å². The van der Waals surface area contributed by atoms with Gasteiger partial charge in [-0.25, -0.2) is 13.2 Å². The number of amides is 1. The van der Waals surface area contributed by atoms with Crippen LogP contribution in [0, 0.1) is 0 Å². The molecule has 1 amide bonds. The number of esters is 2. The number of nitrogens with one attached hydrogen (secondary N) is 1. The number of fused-ring (bicyclic) bond motifs is 1. The van der Waals surface area contributed by atoms with Gasteiger partial charge < -0.3 is 18.8 Å². The fraction of sp³-hybridized carbons (Fsp3) is 0.154. The minimum absolute atomic E-state index is 0.0187. The average Bonchev–Trinajstić information content (AvgIpc) is 3.27. The maximum absolute atomic E-state index is 13.1. The Bertz CT molecular complexity index is 1740. The first-order chi connectivity index (χ1) is 18.6. The largest absolute Gasteiger partial charge is 0.497 e. The Balaban J connectivity index is 1.69. The molecule has 39 heavy (non-hydrogen) atoms. The van der Waals surface area contributed by atoms with E-state index in [1.165, 1.54) is 74.4 Å². The van der Waals surface area contributed by atoms with Crippen molar-refractivity contribution in [1.82, 2.24) is 4.57 Å². The summed E-state index contributed by atoms with van der Waals surface area (Å²) in [4.78, 5) is 41.5. The number of rotatable bonds is 8. The molecule has 0 saturated carbocycles. The number of methoxy groups -OCH3 is 3. The SMILES string of the molecule is COC(=O)Cn1c(=NC(=O)c2cccc(NS(=O)(=O)c3ccc(OC)cc3)c2)sc2cc(C(=O)OC)ccc21. The first kappa shape index (κ1) is 27.5. The van der Waals surface area contributed by atoms with Crippen molar-refractivity contribution < 1.29 is 37.0 Å². The molecule has 0 atom stereocenters. The van der Waals surface area contributed by atoms with Crippen LogP contribution in [-0.4, -0.2) is 52.2 Å². The molecule has 1 heterocycles. The number of carbonyl (C=O) groups is 3. The second-order valence-electron chi connectivity index (χ2n) is 8.00. The van der Waals surface area contributed by atoms with Crippen molar-refractivity contribution in [3.8, 4) is 5.75 Å². The van der Waals surface area contributed by atoms with Crippen molar-refractivity contribution in [2.75, 3.05) is 26.1 Å². The van der Waals surface area contributed by atoms with Gasteiger partial charge in [0, 0.05) is 11.3 Å². The maximum atomic E-state index is 13.1. The lowest BCUT2D eigenvalue weighted by Gasteiger charge is -2.09. The molecule has 1 aromatic heterocycles. The molecule has 0 fully saturated rings. The Morgan fingerprint density at radius 1 is 0.923 bits per heavy atom. The van der Waals surface area contributed by atoms with Crippen LogP contribution in [0.5, 0.6) is 5.75 Å². The summed E-state index contributed by atoms with van der Waals surface area (Å²) in [5, 5.41) is 0. The highest BCUT2D eigenvalue weighted by atomic mass is 32.2. The Morgan fingerprint density at radius 2 is 1.67 bits per heavy atom. The normalized spacial score (nSPS) is 11.7. The molecule has 202 valence electrons. The van der Waals surface area contributed by atoms with E-state index in [-0.39, 0.29) is 27.5 Å². The van der Waals surface area contributed by atoms with Crippen molar-refractivity contribution in [2.24, 2.45) is 4.99 Å². The van der Waals surface area contributed by atoms with Gasteiger partial charge in [0.2, 0.25) is 0 Å². The Labute approximate surface area is 227 Å². The lowest BCUT2D eigenvalue weighted by molar-refractivity contribution is -0.141. The zero-order chi connectivity index (χ0) is 28.2. The molecule has 3 aromatic carbocycles. The van der Waals surface area contributed by atoms with Crippen molar-refractivity contribution in [3.05, 3.63) is 82.7 Å². The molecular formula is C26H23N3O8S2. The molecule has 0 aliphatic carbocycles. The van der Waals surface area contributed by atoms with Crippen LogP contribution < -0.4 is 14.3 Å². The second kappa shape index (κ2) is 11.5. The van der Waals surface area contributed by atoms with E-state index in [2.05, 4.69) is 9.71 Å². The lowest BCUT2D eigenvalue weighted by atomic mass is 10.2. The zero-order valence-electron chi connectivity index (χ0n) is 21.0. The van der Waals surface area contributed by atoms with Gasteiger partial charge in [0.1, 0.15) is 12.3 Å². The highest BCUT2D eigenvalue weighted by molar-refractivity contribution is 7.92. The molecule has 4 rings (SSSR count). The first-order valence-corrected chi connectivity index (χ1v) is 13.6. The summed E-state index contributed by atoms with van der Waals surface area (Å²) < 4.78 is 44.8. The minimum atomic E-state index is -3.93. The number of hydrogen-bond donors (Lipinski definition) is 1. The molecule has 0 bridgehead atoms. The quantitative estimate of drug-likeness (QED) is 0.319. The van der Waals surface area contributed by atoms with Gasteiger partial charge >= 0.3 is 11.9 Å². The van der Waals surface area contributed by atoms with Gasteiger partial charge in [-0.3, -0.25) is 14.3 Å². The molecule has 0 aliphatic heterocycles. The predicted octanol–water partition coefficient (Wildman–Crippen LogP) is 3.21. The van der Waals surface area contributed by atoms with Gasteiger partial charge in [-0.15, -0.1) is 0 Å². The maximum Gasteiger partial charge on any atom is 0.337 e. The molecule has 13 heteroatoms. The van der Waals surface area contributed by atoms with E-state index in [1.54, 1.807) is 18.2 Å². The van der Waals surface area contributed by atoms with E-state index in [0.29, 0.717) is 21.5 Å². The number of benzene rings is 3. The third kappa shape index (κ3) is 6.16. The number of hydrogen-bond acceptors (Lipinski definition) is 9. The fourth-order valence-electron chi connectivity index (χ4n) is 3.59. The van der Waals surface area contributed by atoms with Gasteiger partial charge in [-0.2, -0.15) is 4.99 Å². The van der Waals surface area contributed by atoms with Crippen molar-refractivity contribution in [2.45, 2.75) is 11.4 Å². The van der Waals surface area contributed by atoms with Gasteiger partial charge in [-0.05, 0) is 60.7 Å². The van der Waals surface area contributed by atoms with Gasteiger partial charge in [0.15, 0.2) is 4.80 Å². The summed E-state index contributed by atoms with van der Waals surface area (Å²) in [6.45, 7) is -0.220. The van der Waals surface area contributed by atoms with Gasteiger partial charge in [0.25, 0.3) is 15.9 Å². The summed E-state index contributed by atoms with van der Waals surface area (Å²) >= 11 is 1.09. The van der Waals surface area contributed by atoms with Crippen LogP contribution in [0.2, 0.25) is 0 Å². The van der Waals surface area contributed by atoms with Gasteiger partial charge in [0.05, 0.1) is 42.0 Å². The minimum Gasteiger partial charge on any atom is -0.497 e. The van der Waals surface area contributed by atoms with E-state index in [4.69, 9.17) is 14.2 Å². The van der Waals surface area contributed by atoms with Crippen LogP contribution >= 0.6 is 11.3 Å². The summed E-state index contributed by atoms with van der Waals surface area (Å²) in [5.41, 5.74) is 1.13. The summed E-state index contributed by atoms with van der Waals surface area (Å²) in [6.07, 6.45) is 0. The molecule has 0 spiro atoms. The average molecular weight is 570 g/mol.